The minimum absolute atomic E-state index is 0.114. The summed E-state index contributed by atoms with van der Waals surface area (Å²) in [7, 11) is 0. The van der Waals surface area contributed by atoms with Crippen molar-refractivity contribution in [3.8, 4) is 0 Å². The largest absolute Gasteiger partial charge is 0.340 e. The average Bonchev–Trinajstić information content (AvgIpc) is 2.47. The van der Waals surface area contributed by atoms with Gasteiger partial charge < -0.3 is 5.32 Å². The minimum atomic E-state index is 0.114. The number of carbonyl (C=O) groups is 1. The fraction of sp³-hybridized carbons (Fsp3) is 0.333. The van der Waals surface area contributed by atoms with E-state index < -0.39 is 0 Å². The molecule has 1 aromatic heterocycles. The van der Waals surface area contributed by atoms with Gasteiger partial charge in [-0.1, -0.05) is 39.8 Å². The molecule has 1 heterocycles. The van der Waals surface area contributed by atoms with Crippen LogP contribution < -0.4 is 5.32 Å². The van der Waals surface area contributed by atoms with Crippen molar-refractivity contribution in [2.45, 2.75) is 39.5 Å². The lowest BCUT2D eigenvalue weighted by Gasteiger charge is -2.19. The van der Waals surface area contributed by atoms with Gasteiger partial charge in [0.2, 0.25) is 0 Å². The van der Waals surface area contributed by atoms with E-state index in [0.29, 0.717) is 12.0 Å². The Bertz CT molecular complexity index is 607. The Morgan fingerprint density at radius 2 is 1.76 bits per heavy atom. The molecule has 0 saturated heterocycles. The van der Waals surface area contributed by atoms with Crippen LogP contribution in [0.5, 0.6) is 0 Å². The zero-order valence-corrected chi connectivity index (χ0v) is 13.1. The van der Waals surface area contributed by atoms with Crippen LogP contribution in [0.2, 0.25) is 0 Å². The maximum atomic E-state index is 11.6. The fourth-order valence-corrected chi connectivity index (χ4v) is 2.04. The maximum Gasteiger partial charge on any atom is 0.164 e. The Labute approximate surface area is 126 Å². The lowest BCUT2D eigenvalue weighted by Crippen LogP contribution is -2.10. The first kappa shape index (κ1) is 15.2. The summed E-state index contributed by atoms with van der Waals surface area (Å²) in [4.78, 5) is 15.8. The number of carbonyl (C=O) groups excluding carboxylic acids is 1. The molecule has 0 radical (unpaired) electrons. The van der Waals surface area contributed by atoms with E-state index in [1.807, 2.05) is 31.2 Å². The van der Waals surface area contributed by atoms with Gasteiger partial charge >= 0.3 is 0 Å². The molecule has 2 aromatic rings. The standard InChI is InChI=1S/C18H22N2O/c1-5-16(21)13-6-11-17(19-12-13)20-15-9-7-14(8-10-15)18(2,3)4/h6-12H,5H2,1-4H3,(H,19,20). The Kier molecular flexibility index (Phi) is 4.41. The van der Waals surface area contributed by atoms with Crippen LogP contribution >= 0.6 is 0 Å². The molecule has 0 bridgehead atoms. The predicted octanol–water partition coefficient (Wildman–Crippen LogP) is 4.72. The molecule has 0 aliphatic heterocycles. The molecule has 3 heteroatoms. The second-order valence-electron chi connectivity index (χ2n) is 6.16. The summed E-state index contributed by atoms with van der Waals surface area (Å²) in [6.07, 6.45) is 2.13. The number of aromatic nitrogens is 1. The summed E-state index contributed by atoms with van der Waals surface area (Å²) >= 11 is 0. The molecule has 1 aromatic carbocycles. The SMILES string of the molecule is CCC(=O)c1ccc(Nc2ccc(C(C)(C)C)cc2)nc1. The van der Waals surface area contributed by atoms with Gasteiger partial charge in [-0.3, -0.25) is 4.79 Å². The number of hydrogen-bond acceptors (Lipinski definition) is 3. The normalized spacial score (nSPS) is 11.2. The fourth-order valence-electron chi connectivity index (χ4n) is 2.04. The number of nitrogens with zero attached hydrogens (tertiary/aromatic N) is 1. The van der Waals surface area contributed by atoms with Crippen LogP contribution in [0, 0.1) is 0 Å². The van der Waals surface area contributed by atoms with Crippen LogP contribution in [-0.2, 0) is 5.41 Å². The number of rotatable bonds is 4. The number of benzene rings is 1. The topological polar surface area (TPSA) is 42.0 Å². The van der Waals surface area contributed by atoms with E-state index in [9.17, 15) is 4.79 Å². The van der Waals surface area contributed by atoms with E-state index in [-0.39, 0.29) is 11.2 Å². The van der Waals surface area contributed by atoms with E-state index in [4.69, 9.17) is 0 Å². The molecule has 0 aliphatic carbocycles. The van der Waals surface area contributed by atoms with Crippen molar-refractivity contribution in [1.82, 2.24) is 4.98 Å². The molecule has 2 rings (SSSR count). The number of pyridine rings is 1. The third kappa shape index (κ3) is 3.91. The van der Waals surface area contributed by atoms with E-state index in [0.717, 1.165) is 11.5 Å². The highest BCUT2D eigenvalue weighted by atomic mass is 16.1. The molecule has 0 saturated carbocycles. The number of ketones is 1. The number of hydrogen-bond donors (Lipinski definition) is 1. The molecule has 0 atom stereocenters. The Morgan fingerprint density at radius 3 is 2.24 bits per heavy atom. The highest BCUT2D eigenvalue weighted by molar-refractivity contribution is 5.95. The van der Waals surface area contributed by atoms with Crippen LogP contribution in [0.15, 0.2) is 42.6 Å². The Morgan fingerprint density at radius 1 is 1.10 bits per heavy atom. The first-order chi connectivity index (χ1) is 9.90. The molecule has 0 spiro atoms. The van der Waals surface area contributed by atoms with Crippen molar-refractivity contribution in [3.05, 3.63) is 53.7 Å². The van der Waals surface area contributed by atoms with Crippen molar-refractivity contribution in [3.63, 3.8) is 0 Å². The van der Waals surface area contributed by atoms with Gasteiger partial charge in [-0.15, -0.1) is 0 Å². The molecule has 0 aliphatic rings. The van der Waals surface area contributed by atoms with Crippen LogP contribution in [0.1, 0.15) is 50.0 Å². The lowest BCUT2D eigenvalue weighted by atomic mass is 9.87. The zero-order valence-electron chi connectivity index (χ0n) is 13.1. The molecular weight excluding hydrogens is 260 g/mol. The molecular formula is C18H22N2O. The molecule has 0 amide bonds. The third-order valence-corrected chi connectivity index (χ3v) is 3.43. The van der Waals surface area contributed by atoms with Gasteiger partial charge in [0.25, 0.3) is 0 Å². The van der Waals surface area contributed by atoms with Crippen LogP contribution in [-0.4, -0.2) is 10.8 Å². The van der Waals surface area contributed by atoms with Gasteiger partial charge in [0.05, 0.1) is 0 Å². The van der Waals surface area contributed by atoms with Crippen LogP contribution in [0.3, 0.4) is 0 Å². The average molecular weight is 282 g/mol. The summed E-state index contributed by atoms with van der Waals surface area (Å²) in [5, 5.41) is 3.24. The van der Waals surface area contributed by atoms with E-state index in [2.05, 4.69) is 43.2 Å². The highest BCUT2D eigenvalue weighted by Crippen LogP contribution is 2.24. The molecule has 110 valence electrons. The van der Waals surface area contributed by atoms with Gasteiger partial charge in [0.15, 0.2) is 5.78 Å². The second-order valence-corrected chi connectivity index (χ2v) is 6.16. The Balaban J connectivity index is 2.10. The summed E-state index contributed by atoms with van der Waals surface area (Å²) in [6.45, 7) is 8.44. The summed E-state index contributed by atoms with van der Waals surface area (Å²) in [5.41, 5.74) is 3.10. The van der Waals surface area contributed by atoms with Crippen LogP contribution in [0.25, 0.3) is 0 Å². The quantitative estimate of drug-likeness (QED) is 0.825. The summed E-state index contributed by atoms with van der Waals surface area (Å²) < 4.78 is 0. The third-order valence-electron chi connectivity index (χ3n) is 3.43. The second kappa shape index (κ2) is 6.08. The van der Waals surface area contributed by atoms with Crippen molar-refractivity contribution in [2.24, 2.45) is 0 Å². The van der Waals surface area contributed by atoms with E-state index >= 15 is 0 Å². The zero-order chi connectivity index (χ0) is 15.5. The predicted molar refractivity (Wildman–Crippen MR) is 87.3 cm³/mol. The van der Waals surface area contributed by atoms with Gasteiger partial charge in [-0.25, -0.2) is 4.98 Å². The van der Waals surface area contributed by atoms with Gasteiger partial charge in [-0.2, -0.15) is 0 Å². The van der Waals surface area contributed by atoms with Crippen molar-refractivity contribution >= 4 is 17.3 Å². The summed E-state index contributed by atoms with van der Waals surface area (Å²) in [6, 6.07) is 12.0. The summed E-state index contributed by atoms with van der Waals surface area (Å²) in [5.74, 6) is 0.856. The van der Waals surface area contributed by atoms with Gasteiger partial charge in [0, 0.05) is 23.9 Å². The molecule has 0 unspecified atom stereocenters. The smallest absolute Gasteiger partial charge is 0.164 e. The van der Waals surface area contributed by atoms with E-state index in [1.54, 1.807) is 6.20 Å². The molecule has 1 N–H and O–H groups in total. The molecule has 21 heavy (non-hydrogen) atoms. The molecule has 3 nitrogen and oxygen atoms in total. The lowest BCUT2D eigenvalue weighted by molar-refractivity contribution is 0.0988. The van der Waals surface area contributed by atoms with Gasteiger partial charge in [-0.05, 0) is 35.2 Å². The van der Waals surface area contributed by atoms with Crippen molar-refractivity contribution in [1.29, 1.82) is 0 Å². The van der Waals surface area contributed by atoms with Gasteiger partial charge in [0.1, 0.15) is 5.82 Å². The minimum Gasteiger partial charge on any atom is -0.340 e. The van der Waals surface area contributed by atoms with Crippen LogP contribution in [0.4, 0.5) is 11.5 Å². The first-order valence-electron chi connectivity index (χ1n) is 7.27. The maximum absolute atomic E-state index is 11.6. The van der Waals surface area contributed by atoms with E-state index in [1.165, 1.54) is 5.56 Å². The molecule has 0 fully saturated rings. The Hall–Kier alpha value is -2.16. The van der Waals surface area contributed by atoms with Crippen molar-refractivity contribution in [2.75, 3.05) is 5.32 Å². The number of nitrogens with one attached hydrogen (secondary N) is 1. The monoisotopic (exact) mass is 282 g/mol. The number of anilines is 2. The first-order valence-corrected chi connectivity index (χ1v) is 7.27. The highest BCUT2D eigenvalue weighted by Gasteiger charge is 2.12. The van der Waals surface area contributed by atoms with Crippen molar-refractivity contribution < 1.29 is 4.79 Å². The number of Topliss-reactive ketones (excluding diaryl/α,β-unsaturated/α-hetero) is 1.